The van der Waals surface area contributed by atoms with Crippen LogP contribution in [-0.4, -0.2) is 34.1 Å². The van der Waals surface area contributed by atoms with Gasteiger partial charge < -0.3 is 15.6 Å². The number of carboxylic acids is 1. The van der Waals surface area contributed by atoms with Gasteiger partial charge in [-0.3, -0.25) is 4.79 Å². The van der Waals surface area contributed by atoms with Crippen molar-refractivity contribution in [2.75, 3.05) is 0 Å². The van der Waals surface area contributed by atoms with E-state index in [-0.39, 0.29) is 18.2 Å². The Hall–Kier alpha value is -0.910. The maximum atomic E-state index is 11.5. The molecule has 0 amide bonds. The molecule has 1 saturated heterocycles. The molecular formula is C8H8ClNO4. The van der Waals surface area contributed by atoms with Gasteiger partial charge in [0, 0.05) is 0 Å². The number of epoxide rings is 1. The third-order valence-electron chi connectivity index (χ3n) is 3.21. The molecule has 5 nitrogen and oxygen atoms in total. The first kappa shape index (κ1) is 9.64. The molecule has 0 aromatic carbocycles. The first-order valence-electron chi connectivity index (χ1n) is 3.99. The molecule has 1 saturated carbocycles. The van der Waals surface area contributed by atoms with Crippen LogP contribution in [0.2, 0.25) is 0 Å². The van der Waals surface area contributed by atoms with Gasteiger partial charge in [-0.25, -0.2) is 4.79 Å². The summed E-state index contributed by atoms with van der Waals surface area (Å²) in [6.07, 6.45) is 3.17. The molecule has 2 aliphatic carbocycles. The zero-order valence-electron chi connectivity index (χ0n) is 6.97. The summed E-state index contributed by atoms with van der Waals surface area (Å²) >= 11 is 0. The summed E-state index contributed by atoms with van der Waals surface area (Å²) in [5.74, 6) is -1.81. The van der Waals surface area contributed by atoms with Crippen LogP contribution in [0.3, 0.4) is 0 Å². The van der Waals surface area contributed by atoms with Gasteiger partial charge in [-0.15, -0.1) is 12.4 Å². The third-order valence-corrected chi connectivity index (χ3v) is 3.21. The number of ether oxygens (including phenoxy) is 1. The van der Waals surface area contributed by atoms with Crippen molar-refractivity contribution in [1.29, 1.82) is 0 Å². The lowest BCUT2D eigenvalue weighted by Gasteiger charge is -2.16. The van der Waals surface area contributed by atoms with Gasteiger partial charge in [-0.2, -0.15) is 0 Å². The van der Waals surface area contributed by atoms with Gasteiger partial charge in [0.1, 0.15) is 0 Å². The molecule has 1 spiro atoms. The Bertz CT molecular complexity index is 382. The number of carboxylic acid groups (broad SMARTS) is 1. The van der Waals surface area contributed by atoms with E-state index in [0.717, 1.165) is 0 Å². The predicted octanol–water partition coefficient (Wildman–Crippen LogP) is -0.903. The quantitative estimate of drug-likeness (QED) is 0.439. The number of fused-ring (bicyclic) bond motifs is 1. The second kappa shape index (κ2) is 2.18. The van der Waals surface area contributed by atoms with Crippen LogP contribution in [0.25, 0.3) is 0 Å². The number of hydrogen-bond acceptors (Lipinski definition) is 4. The lowest BCUT2D eigenvalue weighted by molar-refractivity contribution is -0.144. The largest absolute Gasteiger partial charge is 0.479 e. The van der Waals surface area contributed by atoms with E-state index < -0.39 is 29.1 Å². The highest BCUT2D eigenvalue weighted by Crippen LogP contribution is 2.63. The highest BCUT2D eigenvalue weighted by Gasteiger charge is 2.88. The Morgan fingerprint density at radius 1 is 1.64 bits per heavy atom. The molecule has 1 heterocycles. The maximum absolute atomic E-state index is 11.5. The normalized spacial score (nSPS) is 51.4. The van der Waals surface area contributed by atoms with Crippen LogP contribution >= 0.6 is 12.4 Å². The van der Waals surface area contributed by atoms with Gasteiger partial charge in [-0.05, 0) is 6.08 Å². The van der Waals surface area contributed by atoms with Gasteiger partial charge in [0.25, 0.3) is 0 Å². The number of halogens is 1. The van der Waals surface area contributed by atoms with Gasteiger partial charge in [0.2, 0.25) is 5.60 Å². The molecule has 3 aliphatic rings. The summed E-state index contributed by atoms with van der Waals surface area (Å²) in [6.45, 7) is 0. The third kappa shape index (κ3) is 0.581. The first-order valence-corrected chi connectivity index (χ1v) is 3.99. The summed E-state index contributed by atoms with van der Waals surface area (Å²) in [5, 5.41) is 8.93. The Kier molecular flexibility index (Phi) is 1.50. The fraction of sp³-hybridized carbons (Fsp3) is 0.500. The van der Waals surface area contributed by atoms with E-state index in [1.54, 1.807) is 6.08 Å². The van der Waals surface area contributed by atoms with Crippen LogP contribution in [0.4, 0.5) is 0 Å². The van der Waals surface area contributed by atoms with E-state index in [1.165, 1.54) is 6.08 Å². The number of aliphatic carboxylic acids is 1. The topological polar surface area (TPSA) is 92.9 Å². The van der Waals surface area contributed by atoms with Gasteiger partial charge in [0.05, 0.1) is 12.0 Å². The molecule has 1 aliphatic heterocycles. The average Bonchev–Trinajstić information content (AvgIpc) is 2.63. The molecule has 4 atom stereocenters. The summed E-state index contributed by atoms with van der Waals surface area (Å²) < 4.78 is 5.04. The molecule has 2 fully saturated rings. The minimum Gasteiger partial charge on any atom is -0.479 e. The molecule has 76 valence electrons. The molecule has 0 aromatic rings. The second-order valence-corrected chi connectivity index (χ2v) is 3.65. The highest BCUT2D eigenvalue weighted by molar-refractivity contribution is 6.12. The van der Waals surface area contributed by atoms with Crippen LogP contribution < -0.4 is 5.73 Å². The minimum atomic E-state index is -1.45. The lowest BCUT2D eigenvalue weighted by Crippen LogP contribution is -2.47. The van der Waals surface area contributed by atoms with E-state index in [0.29, 0.717) is 0 Å². The second-order valence-electron chi connectivity index (χ2n) is 3.65. The van der Waals surface area contributed by atoms with E-state index in [9.17, 15) is 9.59 Å². The zero-order chi connectivity index (χ0) is 9.43. The molecule has 0 aromatic heterocycles. The lowest BCUT2D eigenvalue weighted by atomic mass is 9.89. The Morgan fingerprint density at radius 2 is 2.29 bits per heavy atom. The molecule has 3 N–H and O–H groups in total. The zero-order valence-corrected chi connectivity index (χ0v) is 7.78. The van der Waals surface area contributed by atoms with Crippen LogP contribution in [0.1, 0.15) is 0 Å². The van der Waals surface area contributed by atoms with Crippen molar-refractivity contribution in [2.45, 2.75) is 17.2 Å². The smallest absolute Gasteiger partial charge is 0.341 e. The van der Waals surface area contributed by atoms with E-state index >= 15 is 0 Å². The van der Waals surface area contributed by atoms with Gasteiger partial charge >= 0.3 is 5.97 Å². The van der Waals surface area contributed by atoms with Crippen LogP contribution in [0.5, 0.6) is 0 Å². The van der Waals surface area contributed by atoms with E-state index in [2.05, 4.69) is 0 Å². The van der Waals surface area contributed by atoms with Crippen molar-refractivity contribution in [3.63, 3.8) is 0 Å². The van der Waals surface area contributed by atoms with Crippen molar-refractivity contribution in [3.05, 3.63) is 12.2 Å². The number of carbonyl (C=O) groups excluding carboxylic acids is 1. The standard InChI is InChI=1S/C8H7NO4.ClH/c9-4-3-1-2-7(5(3)10)8(4,13-7)6(11)12;/h1-4H,9H2,(H,11,12);1H. The van der Waals surface area contributed by atoms with Gasteiger partial charge in [0.15, 0.2) is 11.4 Å². The van der Waals surface area contributed by atoms with E-state index in [1.807, 2.05) is 0 Å². The average molecular weight is 218 g/mol. The van der Waals surface area contributed by atoms with Crippen molar-refractivity contribution in [1.82, 2.24) is 0 Å². The molecule has 2 bridgehead atoms. The van der Waals surface area contributed by atoms with Gasteiger partial charge in [-0.1, -0.05) is 6.08 Å². The number of carbonyl (C=O) groups is 2. The molecule has 4 unspecified atom stereocenters. The minimum absolute atomic E-state index is 0. The van der Waals surface area contributed by atoms with Crippen molar-refractivity contribution >= 4 is 24.2 Å². The summed E-state index contributed by atoms with van der Waals surface area (Å²) in [5.41, 5.74) is 2.97. The maximum Gasteiger partial charge on any atom is 0.341 e. The Morgan fingerprint density at radius 3 is 2.64 bits per heavy atom. The van der Waals surface area contributed by atoms with E-state index in [4.69, 9.17) is 15.6 Å². The summed E-state index contributed by atoms with van der Waals surface area (Å²) in [6, 6.07) is -0.734. The molecule has 6 heteroatoms. The fourth-order valence-electron chi connectivity index (χ4n) is 2.47. The molecule has 0 radical (unpaired) electrons. The Balaban J connectivity index is 0.000000750. The fourth-order valence-corrected chi connectivity index (χ4v) is 2.47. The number of Topliss-reactive ketones (excluding diaryl/α,β-unsaturated/α-hetero) is 1. The SMILES string of the molecule is Cl.NC1C2C=CC3(OC13C(=O)O)C2=O. The first-order chi connectivity index (χ1) is 6.06. The summed E-state index contributed by atoms with van der Waals surface area (Å²) in [7, 11) is 0. The summed E-state index contributed by atoms with van der Waals surface area (Å²) in [4.78, 5) is 22.4. The van der Waals surface area contributed by atoms with Crippen molar-refractivity contribution in [3.8, 4) is 0 Å². The molecule has 14 heavy (non-hydrogen) atoms. The van der Waals surface area contributed by atoms with Crippen LogP contribution in [-0.2, 0) is 14.3 Å². The predicted molar refractivity (Wildman–Crippen MR) is 47.0 cm³/mol. The van der Waals surface area contributed by atoms with Crippen LogP contribution in [0, 0.1) is 5.92 Å². The molecular weight excluding hydrogens is 210 g/mol. The van der Waals surface area contributed by atoms with Crippen molar-refractivity contribution in [2.24, 2.45) is 11.7 Å². The van der Waals surface area contributed by atoms with Crippen LogP contribution in [0.15, 0.2) is 12.2 Å². The number of ketones is 1. The molecule has 3 rings (SSSR count). The number of hydrogen-bond donors (Lipinski definition) is 2. The monoisotopic (exact) mass is 217 g/mol. The van der Waals surface area contributed by atoms with Crippen molar-refractivity contribution < 1.29 is 19.4 Å². The Labute approximate surface area is 85.3 Å². The number of rotatable bonds is 1. The highest BCUT2D eigenvalue weighted by atomic mass is 35.5. The number of nitrogens with two attached hydrogens (primary N) is 1.